The molecule has 7 N–H and O–H groups in total. The number of carbonyl (C=O) groups excluding carboxylic acids is 3. The molecule has 1 fully saturated rings. The highest BCUT2D eigenvalue weighted by atomic mass is 32.2. The molecule has 0 spiro atoms. The van der Waals surface area contributed by atoms with Crippen LogP contribution in [0.4, 0.5) is 22.0 Å². The minimum Gasteiger partial charge on any atom is -0.508 e. The van der Waals surface area contributed by atoms with Gasteiger partial charge in [-0.1, -0.05) is 23.9 Å². The van der Waals surface area contributed by atoms with Crippen LogP contribution in [-0.2, 0) is 14.4 Å². The van der Waals surface area contributed by atoms with E-state index in [-0.39, 0.29) is 5.56 Å². The molecule has 3 aliphatic carbocycles. The maximum atomic E-state index is 14.0. The van der Waals surface area contributed by atoms with Gasteiger partial charge in [0.05, 0.1) is 23.6 Å². The number of benzene rings is 1. The first kappa shape index (κ1) is 29.8. The van der Waals surface area contributed by atoms with Crippen LogP contribution in [-0.4, -0.2) is 96.9 Å². The molecular formula is C24H23F5N2O8S. The number of phenolic OH excluding ortho intramolecular Hbond substituents is 1. The van der Waals surface area contributed by atoms with Crippen molar-refractivity contribution in [3.8, 4) is 5.75 Å². The molecular weight excluding hydrogens is 571 g/mol. The number of fused-ring (bicyclic) bond motifs is 3. The number of thioether (sulfide) groups is 1. The molecule has 40 heavy (non-hydrogen) atoms. The van der Waals surface area contributed by atoms with Gasteiger partial charge in [-0.3, -0.25) is 19.3 Å². The van der Waals surface area contributed by atoms with E-state index < -0.39 is 116 Å². The van der Waals surface area contributed by atoms with E-state index in [9.17, 15) is 61.9 Å². The number of likely N-dealkylation sites (N-methyl/N-ethyl adjacent to an activating group) is 1. The number of nitrogens with zero attached hydrogens (tertiary/aromatic N) is 1. The lowest BCUT2D eigenvalue weighted by Crippen LogP contribution is -2.70. The molecule has 0 aliphatic heterocycles. The summed E-state index contributed by atoms with van der Waals surface area (Å²) in [5.74, 6) is -14.1. The molecule has 3 aliphatic rings. The number of rotatable bonds is 5. The van der Waals surface area contributed by atoms with Gasteiger partial charge in [-0.05, 0) is 25.7 Å². The van der Waals surface area contributed by atoms with E-state index in [1.54, 1.807) is 0 Å². The van der Waals surface area contributed by atoms with Gasteiger partial charge in [0.2, 0.25) is 5.78 Å². The third kappa shape index (κ3) is 3.99. The molecule has 218 valence electrons. The Balaban J connectivity index is 2.00. The summed E-state index contributed by atoms with van der Waals surface area (Å²) in [6.07, 6.45) is -8.13. The van der Waals surface area contributed by atoms with Crippen molar-refractivity contribution in [2.45, 2.75) is 35.1 Å². The molecule has 10 nitrogen and oxygen atoms in total. The number of primary amides is 1. The van der Waals surface area contributed by atoms with E-state index in [2.05, 4.69) is 0 Å². The SMILES string of the molecule is CN(C)[C@H]1C(=O)C(C(N)=O)=C(O)[C@]2(O)C(=O)C3=C(O)c4c(O)cccc4[C@H](CSC(F)(F)C(F)(F)F)[C@@H]3[C@H](O)[C@H]12. The molecule has 0 radical (unpaired) electrons. The van der Waals surface area contributed by atoms with E-state index in [1.807, 2.05) is 0 Å². The second kappa shape index (κ2) is 9.43. The van der Waals surface area contributed by atoms with Crippen LogP contribution in [0.1, 0.15) is 17.0 Å². The predicted octanol–water partition coefficient (Wildman–Crippen LogP) is 1.36. The number of amides is 1. The summed E-state index contributed by atoms with van der Waals surface area (Å²) >= 11 is -0.864. The maximum absolute atomic E-state index is 14.0. The Labute approximate surface area is 226 Å². The third-order valence-corrected chi connectivity index (χ3v) is 8.69. The number of halogens is 5. The van der Waals surface area contributed by atoms with Gasteiger partial charge >= 0.3 is 11.4 Å². The number of ketones is 2. The van der Waals surface area contributed by atoms with Crippen LogP contribution >= 0.6 is 11.8 Å². The highest BCUT2D eigenvalue weighted by molar-refractivity contribution is 8.00. The monoisotopic (exact) mass is 594 g/mol. The minimum absolute atomic E-state index is 0.199. The fourth-order valence-electron chi connectivity index (χ4n) is 5.87. The molecule has 4 rings (SSSR count). The smallest absolute Gasteiger partial charge is 0.464 e. The van der Waals surface area contributed by atoms with E-state index in [1.165, 1.54) is 26.2 Å². The lowest BCUT2D eigenvalue weighted by molar-refractivity contribution is -0.237. The van der Waals surface area contributed by atoms with Crippen molar-refractivity contribution in [3.05, 3.63) is 46.2 Å². The van der Waals surface area contributed by atoms with Crippen molar-refractivity contribution < 1.29 is 61.9 Å². The van der Waals surface area contributed by atoms with Crippen LogP contribution in [0.2, 0.25) is 0 Å². The number of aliphatic hydroxyl groups is 4. The number of carbonyl (C=O) groups is 3. The number of nitrogens with two attached hydrogens (primary N) is 1. The standard InChI is InChI=1S/C24H23F5N2O8S/c1-31(2)15-14-17(34)11-8(6-40-24(28,29)23(25,26)27)7-4-3-5-9(32)10(7)16(33)12(11)19(36)22(14,39)20(37)13(18(15)35)21(30)38/h3-5,8,11,14-15,17,32-34,37,39H,6H2,1-2H3,(H2,30,38)/t8-,11-,14-,15+,17-,22+/m0/s1. The molecule has 1 aromatic rings. The molecule has 0 unspecified atom stereocenters. The van der Waals surface area contributed by atoms with Crippen LogP contribution in [0.5, 0.6) is 5.75 Å². The topological polar surface area (TPSA) is 182 Å². The molecule has 1 saturated carbocycles. The Morgan fingerprint density at radius 1 is 1.12 bits per heavy atom. The van der Waals surface area contributed by atoms with Crippen LogP contribution in [0.15, 0.2) is 35.1 Å². The second-order valence-electron chi connectivity index (χ2n) is 9.93. The molecule has 0 saturated heterocycles. The van der Waals surface area contributed by atoms with Gasteiger partial charge in [-0.15, -0.1) is 0 Å². The zero-order valence-electron chi connectivity index (χ0n) is 20.6. The second-order valence-corrected chi connectivity index (χ2v) is 11.1. The Bertz CT molecular complexity index is 1380. The van der Waals surface area contributed by atoms with Crippen molar-refractivity contribution in [2.75, 3.05) is 19.8 Å². The summed E-state index contributed by atoms with van der Waals surface area (Å²) in [5.41, 5.74) is -0.860. The first-order valence-electron chi connectivity index (χ1n) is 11.5. The summed E-state index contributed by atoms with van der Waals surface area (Å²) in [6, 6.07) is 1.67. The van der Waals surface area contributed by atoms with E-state index in [0.29, 0.717) is 0 Å². The van der Waals surface area contributed by atoms with Gasteiger partial charge in [0.15, 0.2) is 11.4 Å². The summed E-state index contributed by atoms with van der Waals surface area (Å²) < 4.78 is 66.8. The quantitative estimate of drug-likeness (QED) is 0.215. The van der Waals surface area contributed by atoms with Crippen molar-refractivity contribution >= 4 is 35.0 Å². The molecule has 1 amide bonds. The van der Waals surface area contributed by atoms with E-state index >= 15 is 0 Å². The zero-order chi connectivity index (χ0) is 30.3. The highest BCUT2D eigenvalue weighted by Crippen LogP contribution is 2.58. The molecule has 0 aromatic heterocycles. The van der Waals surface area contributed by atoms with Crippen LogP contribution < -0.4 is 5.73 Å². The average molecular weight is 595 g/mol. The molecule has 1 aromatic carbocycles. The fourth-order valence-corrected chi connectivity index (χ4v) is 6.81. The zero-order valence-corrected chi connectivity index (χ0v) is 21.4. The predicted molar refractivity (Wildman–Crippen MR) is 128 cm³/mol. The molecule has 0 bridgehead atoms. The van der Waals surface area contributed by atoms with Gasteiger partial charge in [-0.25, -0.2) is 0 Å². The average Bonchev–Trinajstić information content (AvgIpc) is 2.82. The Hall–Kier alpha value is -3.21. The van der Waals surface area contributed by atoms with Crippen molar-refractivity contribution in [1.29, 1.82) is 0 Å². The van der Waals surface area contributed by atoms with Gasteiger partial charge < -0.3 is 31.3 Å². The van der Waals surface area contributed by atoms with Gasteiger partial charge in [0.25, 0.3) is 5.91 Å². The van der Waals surface area contributed by atoms with Gasteiger partial charge in [0, 0.05) is 23.2 Å². The number of hydrogen-bond acceptors (Lipinski definition) is 10. The first-order valence-corrected chi connectivity index (χ1v) is 12.5. The van der Waals surface area contributed by atoms with Crippen LogP contribution in [0, 0.1) is 11.8 Å². The fraction of sp³-hybridized carbons (Fsp3) is 0.458. The number of alkyl halides is 5. The summed E-state index contributed by atoms with van der Waals surface area (Å²) in [6.45, 7) is 0. The number of Topliss-reactive ketones (excluding diaryl/α,β-unsaturated/α-hetero) is 2. The van der Waals surface area contributed by atoms with Crippen molar-refractivity contribution in [3.63, 3.8) is 0 Å². The Morgan fingerprint density at radius 2 is 1.73 bits per heavy atom. The van der Waals surface area contributed by atoms with Crippen LogP contribution in [0.3, 0.4) is 0 Å². The summed E-state index contributed by atoms with van der Waals surface area (Å²) in [7, 11) is 2.52. The lowest BCUT2D eigenvalue weighted by atomic mass is 9.54. The number of aliphatic hydroxyl groups excluding tert-OH is 3. The number of aromatic hydroxyl groups is 1. The van der Waals surface area contributed by atoms with Crippen molar-refractivity contribution in [2.24, 2.45) is 17.6 Å². The minimum atomic E-state index is -5.97. The van der Waals surface area contributed by atoms with Gasteiger partial charge in [0.1, 0.15) is 22.8 Å². The first-order chi connectivity index (χ1) is 18.3. The maximum Gasteiger partial charge on any atom is 0.464 e. The summed E-state index contributed by atoms with van der Waals surface area (Å²) in [4.78, 5) is 40.2. The molecule has 16 heteroatoms. The van der Waals surface area contributed by atoms with E-state index in [0.717, 1.165) is 11.0 Å². The number of hydrogen-bond donors (Lipinski definition) is 6. The lowest BCUT2D eigenvalue weighted by Gasteiger charge is -2.54. The number of phenols is 1. The van der Waals surface area contributed by atoms with Crippen molar-refractivity contribution in [1.82, 2.24) is 4.90 Å². The normalized spacial score (nSPS) is 30.8. The third-order valence-electron chi connectivity index (χ3n) is 7.57. The molecule has 0 heterocycles. The highest BCUT2D eigenvalue weighted by Gasteiger charge is 2.69. The Morgan fingerprint density at radius 3 is 2.25 bits per heavy atom. The van der Waals surface area contributed by atoms with E-state index in [4.69, 9.17) is 5.73 Å². The molecule has 6 atom stereocenters. The summed E-state index contributed by atoms with van der Waals surface area (Å²) in [5, 5.41) is 50.2. The largest absolute Gasteiger partial charge is 0.508 e. The van der Waals surface area contributed by atoms with Crippen LogP contribution in [0.25, 0.3) is 5.76 Å². The Kier molecular flexibility index (Phi) is 7.01. The van der Waals surface area contributed by atoms with Gasteiger partial charge in [-0.2, -0.15) is 22.0 Å².